The van der Waals surface area contributed by atoms with Crippen LogP contribution in [0.2, 0.25) is 5.02 Å². The Morgan fingerprint density at radius 1 is 1.19 bits per heavy atom. The first-order valence-corrected chi connectivity index (χ1v) is 10.3. The fourth-order valence-electron chi connectivity index (χ4n) is 3.65. The lowest BCUT2D eigenvalue weighted by Crippen LogP contribution is -2.33. The van der Waals surface area contributed by atoms with E-state index < -0.39 is 0 Å². The zero-order chi connectivity index (χ0) is 18.1. The Morgan fingerprint density at radius 2 is 1.88 bits per heavy atom. The fraction of sp³-hybridized carbons (Fsp3) is 0.400. The van der Waals surface area contributed by atoms with E-state index in [4.69, 9.17) is 11.6 Å². The summed E-state index contributed by atoms with van der Waals surface area (Å²) in [5.41, 5.74) is 1.90. The van der Waals surface area contributed by atoms with Crippen LogP contribution in [0.5, 0.6) is 0 Å². The number of hydrogen-bond donors (Lipinski definition) is 1. The third-order valence-electron chi connectivity index (χ3n) is 5.04. The molecule has 0 spiro atoms. The molecule has 0 atom stereocenters. The summed E-state index contributed by atoms with van der Waals surface area (Å²) in [5.74, 6) is 0.0418. The van der Waals surface area contributed by atoms with Crippen molar-refractivity contribution in [3.8, 4) is 11.3 Å². The van der Waals surface area contributed by atoms with Gasteiger partial charge in [0.25, 0.3) is 5.91 Å². The SMILES string of the molecule is Cn1nc(-c2ccc(Cl)cc2)c2cc(C(=O)NC3CCCCCC3)sc21. The lowest BCUT2D eigenvalue weighted by molar-refractivity contribution is 0.0937. The number of hydrogen-bond acceptors (Lipinski definition) is 3. The molecule has 2 aromatic heterocycles. The molecule has 4 nitrogen and oxygen atoms in total. The number of carbonyl (C=O) groups excluding carboxylic acids is 1. The van der Waals surface area contributed by atoms with Crippen molar-refractivity contribution in [2.75, 3.05) is 0 Å². The number of rotatable bonds is 3. The van der Waals surface area contributed by atoms with Gasteiger partial charge < -0.3 is 5.32 Å². The normalized spacial score (nSPS) is 15.9. The molecule has 1 aromatic carbocycles. The fourth-order valence-corrected chi connectivity index (χ4v) is 4.76. The molecule has 0 aliphatic heterocycles. The summed E-state index contributed by atoms with van der Waals surface area (Å²) in [6.45, 7) is 0. The van der Waals surface area contributed by atoms with Crippen molar-refractivity contribution in [3.63, 3.8) is 0 Å². The van der Waals surface area contributed by atoms with Crippen LogP contribution >= 0.6 is 22.9 Å². The van der Waals surface area contributed by atoms with Gasteiger partial charge in [-0.15, -0.1) is 11.3 Å². The molecule has 0 bridgehead atoms. The van der Waals surface area contributed by atoms with Crippen LogP contribution in [0.3, 0.4) is 0 Å². The minimum atomic E-state index is 0.0418. The maximum absolute atomic E-state index is 12.7. The third-order valence-corrected chi connectivity index (χ3v) is 6.50. The van der Waals surface area contributed by atoms with Crippen LogP contribution in [0.25, 0.3) is 21.5 Å². The van der Waals surface area contributed by atoms with E-state index in [1.807, 2.05) is 42.1 Å². The molecule has 136 valence electrons. The number of fused-ring (bicyclic) bond motifs is 1. The van der Waals surface area contributed by atoms with Gasteiger partial charge in [0.2, 0.25) is 0 Å². The highest BCUT2D eigenvalue weighted by Gasteiger charge is 2.20. The van der Waals surface area contributed by atoms with Gasteiger partial charge >= 0.3 is 0 Å². The second kappa shape index (κ2) is 7.41. The Kier molecular flexibility index (Phi) is 5.00. The average Bonchev–Trinajstić information content (AvgIpc) is 3.09. The van der Waals surface area contributed by atoms with Crippen LogP contribution < -0.4 is 5.32 Å². The molecule has 1 amide bonds. The van der Waals surface area contributed by atoms with Gasteiger partial charge in [0.05, 0.1) is 4.88 Å². The Labute approximate surface area is 162 Å². The second-order valence-electron chi connectivity index (χ2n) is 6.97. The number of nitrogens with one attached hydrogen (secondary N) is 1. The predicted molar refractivity (Wildman–Crippen MR) is 108 cm³/mol. The minimum Gasteiger partial charge on any atom is -0.349 e. The van der Waals surface area contributed by atoms with Crippen molar-refractivity contribution in [1.82, 2.24) is 15.1 Å². The maximum atomic E-state index is 12.7. The molecule has 2 heterocycles. The van der Waals surface area contributed by atoms with Gasteiger partial charge in [-0.05, 0) is 31.0 Å². The minimum absolute atomic E-state index is 0.0418. The van der Waals surface area contributed by atoms with Gasteiger partial charge in [0, 0.05) is 29.1 Å². The van der Waals surface area contributed by atoms with Crippen LogP contribution in [0, 0.1) is 0 Å². The number of aryl methyl sites for hydroxylation is 1. The van der Waals surface area contributed by atoms with E-state index in [-0.39, 0.29) is 5.91 Å². The summed E-state index contributed by atoms with van der Waals surface area (Å²) in [5, 5.41) is 9.59. The summed E-state index contributed by atoms with van der Waals surface area (Å²) in [4.78, 5) is 14.5. The number of aromatic nitrogens is 2. The Balaban J connectivity index is 1.62. The molecule has 3 aromatic rings. The van der Waals surface area contributed by atoms with Gasteiger partial charge in [0.1, 0.15) is 10.5 Å². The van der Waals surface area contributed by atoms with Gasteiger partial charge in [0.15, 0.2) is 0 Å². The average molecular weight is 388 g/mol. The van der Waals surface area contributed by atoms with Gasteiger partial charge in [-0.1, -0.05) is 49.4 Å². The molecule has 1 fully saturated rings. The zero-order valence-electron chi connectivity index (χ0n) is 14.8. The summed E-state index contributed by atoms with van der Waals surface area (Å²) >= 11 is 7.50. The van der Waals surface area contributed by atoms with E-state index in [1.54, 1.807) is 0 Å². The molecule has 26 heavy (non-hydrogen) atoms. The Bertz CT molecular complexity index is 921. The molecular weight excluding hydrogens is 366 g/mol. The third kappa shape index (κ3) is 3.51. The highest BCUT2D eigenvalue weighted by atomic mass is 35.5. The topological polar surface area (TPSA) is 46.9 Å². The first-order valence-electron chi connectivity index (χ1n) is 9.15. The summed E-state index contributed by atoms with van der Waals surface area (Å²) in [6.07, 6.45) is 7.17. The highest BCUT2D eigenvalue weighted by Crippen LogP contribution is 2.34. The van der Waals surface area contributed by atoms with E-state index in [0.29, 0.717) is 11.1 Å². The molecule has 1 aliphatic carbocycles. The van der Waals surface area contributed by atoms with Crippen LogP contribution in [0.4, 0.5) is 0 Å². The number of nitrogens with zero attached hydrogens (tertiary/aromatic N) is 2. The van der Waals surface area contributed by atoms with E-state index in [9.17, 15) is 4.79 Å². The van der Waals surface area contributed by atoms with Crippen LogP contribution in [0.1, 0.15) is 48.2 Å². The molecule has 1 aliphatic rings. The lowest BCUT2D eigenvalue weighted by atomic mass is 10.1. The largest absolute Gasteiger partial charge is 0.349 e. The molecule has 0 saturated heterocycles. The monoisotopic (exact) mass is 387 g/mol. The molecule has 6 heteroatoms. The quantitative estimate of drug-likeness (QED) is 0.611. The zero-order valence-corrected chi connectivity index (χ0v) is 16.4. The van der Waals surface area contributed by atoms with Crippen molar-refractivity contribution in [3.05, 3.63) is 40.2 Å². The Hall–Kier alpha value is -1.85. The molecule has 1 saturated carbocycles. The number of halogens is 1. The van der Waals surface area contributed by atoms with Crippen molar-refractivity contribution in [2.24, 2.45) is 7.05 Å². The number of carbonyl (C=O) groups is 1. The van der Waals surface area contributed by atoms with E-state index in [1.165, 1.54) is 37.0 Å². The summed E-state index contributed by atoms with van der Waals surface area (Å²) in [6, 6.07) is 9.94. The summed E-state index contributed by atoms with van der Waals surface area (Å²) in [7, 11) is 1.92. The summed E-state index contributed by atoms with van der Waals surface area (Å²) < 4.78 is 1.85. The molecule has 0 unspecified atom stereocenters. The van der Waals surface area contributed by atoms with Gasteiger partial charge in [-0.2, -0.15) is 5.10 Å². The number of benzene rings is 1. The first kappa shape index (κ1) is 17.6. The van der Waals surface area contributed by atoms with Crippen molar-refractivity contribution in [1.29, 1.82) is 0 Å². The van der Waals surface area contributed by atoms with Gasteiger partial charge in [-0.3, -0.25) is 9.48 Å². The van der Waals surface area contributed by atoms with Crippen LogP contribution in [-0.2, 0) is 7.05 Å². The molecule has 1 N–H and O–H groups in total. The second-order valence-corrected chi connectivity index (χ2v) is 8.44. The molecule has 0 radical (unpaired) electrons. The van der Waals surface area contributed by atoms with E-state index >= 15 is 0 Å². The number of amides is 1. The van der Waals surface area contributed by atoms with Crippen LogP contribution in [0.15, 0.2) is 30.3 Å². The van der Waals surface area contributed by atoms with E-state index in [2.05, 4.69) is 10.4 Å². The van der Waals surface area contributed by atoms with Crippen molar-refractivity contribution in [2.45, 2.75) is 44.6 Å². The highest BCUT2D eigenvalue weighted by molar-refractivity contribution is 7.20. The lowest BCUT2D eigenvalue weighted by Gasteiger charge is -2.15. The molecular formula is C20H22ClN3OS. The van der Waals surface area contributed by atoms with Crippen molar-refractivity contribution >= 4 is 39.1 Å². The standard InChI is InChI=1S/C20H22ClN3OS/c1-24-20-16(18(23-24)13-8-10-14(21)11-9-13)12-17(26-20)19(25)22-15-6-4-2-3-5-7-15/h8-12,15H,2-7H2,1H3,(H,22,25). The smallest absolute Gasteiger partial charge is 0.261 e. The van der Waals surface area contributed by atoms with Crippen LogP contribution in [-0.4, -0.2) is 21.7 Å². The molecule has 4 rings (SSSR count). The Morgan fingerprint density at radius 3 is 2.58 bits per heavy atom. The van der Waals surface area contributed by atoms with Crippen molar-refractivity contribution < 1.29 is 4.79 Å². The predicted octanol–water partition coefficient (Wildman–Crippen LogP) is 5.41. The first-order chi connectivity index (χ1) is 12.6. The maximum Gasteiger partial charge on any atom is 0.261 e. The van der Waals surface area contributed by atoms with E-state index in [0.717, 1.165) is 39.2 Å². The van der Waals surface area contributed by atoms with Gasteiger partial charge in [-0.25, -0.2) is 0 Å². The number of thiophene rings is 1.